The van der Waals surface area contributed by atoms with E-state index in [-0.39, 0.29) is 11.9 Å². The van der Waals surface area contributed by atoms with Crippen molar-refractivity contribution in [1.29, 1.82) is 0 Å². The molecule has 6 heteroatoms. The van der Waals surface area contributed by atoms with Gasteiger partial charge in [0, 0.05) is 12.4 Å². The van der Waals surface area contributed by atoms with Gasteiger partial charge in [-0.2, -0.15) is 0 Å². The van der Waals surface area contributed by atoms with Crippen LogP contribution in [0.25, 0.3) is 0 Å². The molecule has 0 spiro atoms. The lowest BCUT2D eigenvalue weighted by Gasteiger charge is -2.23. The van der Waals surface area contributed by atoms with E-state index in [4.69, 9.17) is 18.0 Å². The zero-order chi connectivity index (χ0) is 11.6. The number of nitrogens with zero attached hydrogens (tertiary/aromatic N) is 1. The summed E-state index contributed by atoms with van der Waals surface area (Å²) >= 11 is 9.63. The highest BCUT2D eigenvalue weighted by Gasteiger charge is 2.19. The van der Waals surface area contributed by atoms with E-state index in [1.165, 1.54) is 16.2 Å². The van der Waals surface area contributed by atoms with Crippen LogP contribution in [-0.4, -0.2) is 28.9 Å². The van der Waals surface area contributed by atoms with E-state index in [0.29, 0.717) is 10.6 Å². The molecule has 82 valence electrons. The Morgan fingerprint density at radius 2 is 2.33 bits per heavy atom. The minimum atomic E-state index is -0.230. The lowest BCUT2D eigenvalue weighted by Crippen LogP contribution is -2.42. The van der Waals surface area contributed by atoms with Crippen LogP contribution in [0, 0.1) is 0 Å². The zero-order valence-corrected chi connectivity index (χ0v) is 11.6. The first-order valence-electron chi connectivity index (χ1n) is 4.24. The highest BCUT2D eigenvalue weighted by molar-refractivity contribution is 9.11. The molecule has 0 fully saturated rings. The molecule has 1 amide bonds. The van der Waals surface area contributed by atoms with Gasteiger partial charge in [-0.15, -0.1) is 11.3 Å². The van der Waals surface area contributed by atoms with Crippen LogP contribution in [0.2, 0.25) is 0 Å². The van der Waals surface area contributed by atoms with Gasteiger partial charge in [-0.1, -0.05) is 12.2 Å². The molecule has 2 N–H and O–H groups in total. The number of amides is 1. The summed E-state index contributed by atoms with van der Waals surface area (Å²) in [6.45, 7) is 1.81. The fourth-order valence-electron chi connectivity index (χ4n) is 0.993. The summed E-state index contributed by atoms with van der Waals surface area (Å²) in [5.74, 6) is -0.0720. The lowest BCUT2D eigenvalue weighted by molar-refractivity contribution is 0.0779. The quantitative estimate of drug-likeness (QED) is 0.871. The molecule has 1 rings (SSSR count). The maximum Gasteiger partial charge on any atom is 0.255 e. The summed E-state index contributed by atoms with van der Waals surface area (Å²) < 4.78 is 0.933. The van der Waals surface area contributed by atoms with Crippen molar-refractivity contribution >= 4 is 50.4 Å². The minimum absolute atomic E-state index is 0.0720. The number of halogens is 1. The third kappa shape index (κ3) is 2.99. The number of hydrogen-bond acceptors (Lipinski definition) is 3. The summed E-state index contributed by atoms with van der Waals surface area (Å²) in [5.41, 5.74) is 6.14. The second-order valence-electron chi connectivity index (χ2n) is 3.13. The lowest BCUT2D eigenvalue weighted by atomic mass is 10.2. The summed E-state index contributed by atoms with van der Waals surface area (Å²) in [5, 5.41) is 1.80. The molecule has 1 atom stereocenters. The topological polar surface area (TPSA) is 46.3 Å². The van der Waals surface area contributed by atoms with Gasteiger partial charge in [-0.3, -0.25) is 4.79 Å². The van der Waals surface area contributed by atoms with E-state index in [0.717, 1.165) is 3.79 Å². The summed E-state index contributed by atoms with van der Waals surface area (Å²) in [7, 11) is 1.69. The van der Waals surface area contributed by atoms with Gasteiger partial charge in [0.1, 0.15) is 0 Å². The Labute approximate surface area is 106 Å². The second-order valence-corrected chi connectivity index (χ2v) is 5.90. The molecule has 0 bridgehead atoms. The summed E-state index contributed by atoms with van der Waals surface area (Å²) in [6, 6.07) is 1.56. The van der Waals surface area contributed by atoms with E-state index in [1.807, 2.05) is 6.92 Å². The Balaban J connectivity index is 2.81. The van der Waals surface area contributed by atoms with Gasteiger partial charge in [-0.25, -0.2) is 0 Å². The Morgan fingerprint density at radius 3 is 2.73 bits per heavy atom. The normalized spacial score (nSPS) is 12.2. The van der Waals surface area contributed by atoms with Crippen molar-refractivity contribution in [3.8, 4) is 0 Å². The van der Waals surface area contributed by atoms with Gasteiger partial charge >= 0.3 is 0 Å². The van der Waals surface area contributed by atoms with Crippen molar-refractivity contribution in [1.82, 2.24) is 4.90 Å². The second kappa shape index (κ2) is 5.05. The number of likely N-dealkylation sites (N-methyl/N-ethyl adjacent to an activating group) is 1. The van der Waals surface area contributed by atoms with Crippen molar-refractivity contribution in [2.75, 3.05) is 7.05 Å². The maximum absolute atomic E-state index is 11.9. The number of rotatable bonds is 3. The van der Waals surface area contributed by atoms with Crippen LogP contribution in [0.1, 0.15) is 17.3 Å². The Hall–Kier alpha value is -0.460. The van der Waals surface area contributed by atoms with Crippen LogP contribution in [0.4, 0.5) is 0 Å². The Bertz CT molecular complexity index is 391. The number of hydrogen-bond donors (Lipinski definition) is 1. The average Bonchev–Trinajstić information content (AvgIpc) is 2.61. The van der Waals surface area contributed by atoms with Crippen LogP contribution < -0.4 is 5.73 Å². The van der Waals surface area contributed by atoms with Crippen LogP contribution in [0.15, 0.2) is 15.2 Å². The molecule has 0 saturated carbocycles. The van der Waals surface area contributed by atoms with Crippen LogP contribution in [-0.2, 0) is 0 Å². The van der Waals surface area contributed by atoms with Crippen molar-refractivity contribution in [2.24, 2.45) is 5.73 Å². The Morgan fingerprint density at radius 1 is 1.73 bits per heavy atom. The van der Waals surface area contributed by atoms with E-state index >= 15 is 0 Å². The van der Waals surface area contributed by atoms with Crippen molar-refractivity contribution in [3.63, 3.8) is 0 Å². The standard InChI is InChI=1S/C9H11BrN2OS2/c1-5(8(11)14)12(2)9(13)6-3-7(10)15-4-6/h3-5H,1-2H3,(H2,11,14). The summed E-state index contributed by atoms with van der Waals surface area (Å²) in [6.07, 6.45) is 0. The van der Waals surface area contributed by atoms with Crippen LogP contribution in [0.5, 0.6) is 0 Å². The highest BCUT2D eigenvalue weighted by atomic mass is 79.9. The van der Waals surface area contributed by atoms with Crippen molar-refractivity contribution in [2.45, 2.75) is 13.0 Å². The van der Waals surface area contributed by atoms with E-state index in [9.17, 15) is 4.79 Å². The van der Waals surface area contributed by atoms with Crippen LogP contribution >= 0.6 is 39.5 Å². The third-order valence-corrected chi connectivity index (χ3v) is 3.97. The fourth-order valence-corrected chi connectivity index (χ4v) is 2.28. The van der Waals surface area contributed by atoms with E-state index < -0.39 is 0 Å². The molecular formula is C9H11BrN2OS2. The molecule has 1 aromatic heterocycles. The maximum atomic E-state index is 11.9. The molecule has 0 aliphatic carbocycles. The first-order valence-corrected chi connectivity index (χ1v) is 6.32. The third-order valence-electron chi connectivity index (χ3n) is 2.13. The molecule has 1 aromatic rings. The largest absolute Gasteiger partial charge is 0.392 e. The zero-order valence-electron chi connectivity index (χ0n) is 8.36. The molecule has 0 aliphatic heterocycles. The molecule has 1 heterocycles. The van der Waals surface area contributed by atoms with Gasteiger partial charge in [-0.05, 0) is 28.9 Å². The number of carbonyl (C=O) groups excluding carboxylic acids is 1. The minimum Gasteiger partial charge on any atom is -0.392 e. The van der Waals surface area contributed by atoms with E-state index in [1.54, 1.807) is 18.5 Å². The van der Waals surface area contributed by atoms with Gasteiger partial charge in [0.2, 0.25) is 0 Å². The molecule has 0 aromatic carbocycles. The number of thiocarbonyl (C=S) groups is 1. The average molecular weight is 307 g/mol. The predicted molar refractivity (Wildman–Crippen MR) is 70.4 cm³/mol. The Kier molecular flexibility index (Phi) is 4.24. The van der Waals surface area contributed by atoms with Gasteiger partial charge in [0.25, 0.3) is 5.91 Å². The van der Waals surface area contributed by atoms with Crippen molar-refractivity contribution in [3.05, 3.63) is 20.8 Å². The molecule has 0 saturated heterocycles. The van der Waals surface area contributed by atoms with Gasteiger partial charge in [0.15, 0.2) is 0 Å². The number of carbonyl (C=O) groups is 1. The van der Waals surface area contributed by atoms with E-state index in [2.05, 4.69) is 15.9 Å². The first kappa shape index (κ1) is 12.6. The number of thiophene rings is 1. The highest BCUT2D eigenvalue weighted by Crippen LogP contribution is 2.21. The number of nitrogens with two attached hydrogens (primary N) is 1. The smallest absolute Gasteiger partial charge is 0.255 e. The molecule has 1 unspecified atom stereocenters. The molecule has 0 radical (unpaired) electrons. The molecular weight excluding hydrogens is 296 g/mol. The molecule has 0 aliphatic rings. The van der Waals surface area contributed by atoms with Crippen molar-refractivity contribution < 1.29 is 4.79 Å². The monoisotopic (exact) mass is 306 g/mol. The molecule has 15 heavy (non-hydrogen) atoms. The fraction of sp³-hybridized carbons (Fsp3) is 0.333. The van der Waals surface area contributed by atoms with Crippen LogP contribution in [0.3, 0.4) is 0 Å². The predicted octanol–water partition coefficient (Wildman–Crippen LogP) is 2.26. The molecule has 3 nitrogen and oxygen atoms in total. The van der Waals surface area contributed by atoms with Gasteiger partial charge < -0.3 is 10.6 Å². The first-order chi connectivity index (χ1) is 6.93. The SMILES string of the molecule is CC(C(N)=S)N(C)C(=O)c1csc(Br)c1. The van der Waals surface area contributed by atoms with Gasteiger partial charge in [0.05, 0.1) is 20.4 Å². The summed E-state index contributed by atoms with van der Waals surface area (Å²) in [4.78, 5) is 13.8.